The number of benzene rings is 1. The third-order valence-corrected chi connectivity index (χ3v) is 6.15. The van der Waals surface area contributed by atoms with Crippen LogP contribution < -0.4 is 14.4 Å². The Hall–Kier alpha value is -2.21. The quantitative estimate of drug-likeness (QED) is 0.799. The lowest BCUT2D eigenvalue weighted by Crippen LogP contribution is -2.43. The summed E-state index contributed by atoms with van der Waals surface area (Å²) in [5.41, 5.74) is 1.90. The van der Waals surface area contributed by atoms with Crippen LogP contribution in [-0.4, -0.2) is 36.9 Å². The number of fused-ring (bicyclic) bond motifs is 3. The van der Waals surface area contributed by atoms with Crippen molar-refractivity contribution in [2.45, 2.75) is 16.7 Å². The molecule has 1 atom stereocenters. The van der Waals surface area contributed by atoms with Crippen molar-refractivity contribution in [3.8, 4) is 11.6 Å². The van der Waals surface area contributed by atoms with Crippen LogP contribution in [0.15, 0.2) is 35.2 Å². The Bertz CT molecular complexity index is 869. The van der Waals surface area contributed by atoms with Crippen LogP contribution in [0.1, 0.15) is 17.7 Å². The van der Waals surface area contributed by atoms with E-state index in [0.717, 1.165) is 30.0 Å². The number of carbonyl (C=O) groups excluding carboxylic acids is 1. The Balaban J connectivity index is 1.80. The van der Waals surface area contributed by atoms with Crippen LogP contribution in [-0.2, 0) is 10.2 Å². The maximum atomic E-state index is 13.5. The van der Waals surface area contributed by atoms with Crippen LogP contribution >= 0.6 is 11.8 Å². The Kier molecular flexibility index (Phi) is 2.89. The fraction of sp³-hybridized carbons (Fsp3) is 0.333. The number of hydrogen-bond donors (Lipinski definition) is 0. The summed E-state index contributed by atoms with van der Waals surface area (Å²) in [5.74, 6) is 2.29. The molecule has 1 spiro atoms. The van der Waals surface area contributed by atoms with Gasteiger partial charge in [0.1, 0.15) is 18.1 Å². The molecule has 2 aromatic rings. The zero-order valence-electron chi connectivity index (χ0n) is 13.2. The van der Waals surface area contributed by atoms with Gasteiger partial charge in [0.25, 0.3) is 0 Å². The number of amides is 1. The number of ether oxygens (including phenoxy) is 2. The van der Waals surface area contributed by atoms with Crippen molar-refractivity contribution in [2.24, 2.45) is 0 Å². The van der Waals surface area contributed by atoms with Crippen molar-refractivity contribution in [1.29, 1.82) is 0 Å². The van der Waals surface area contributed by atoms with E-state index in [1.807, 2.05) is 34.9 Å². The smallest absolute Gasteiger partial charge is 0.247 e. The van der Waals surface area contributed by atoms with Crippen LogP contribution in [0, 0.1) is 0 Å². The number of methoxy groups -OCH3 is 1. The second-order valence-electron chi connectivity index (χ2n) is 6.21. The van der Waals surface area contributed by atoms with Crippen molar-refractivity contribution >= 4 is 23.4 Å². The van der Waals surface area contributed by atoms with E-state index >= 15 is 0 Å². The van der Waals surface area contributed by atoms with E-state index < -0.39 is 5.41 Å². The summed E-state index contributed by atoms with van der Waals surface area (Å²) in [7, 11) is 1.58. The Morgan fingerprint density at radius 1 is 1.33 bits per heavy atom. The summed E-state index contributed by atoms with van der Waals surface area (Å²) >= 11 is 1.82. The average Bonchev–Trinajstić information content (AvgIpc) is 3.00. The summed E-state index contributed by atoms with van der Waals surface area (Å²) in [6.07, 6.45) is 0.986. The molecule has 0 saturated carbocycles. The van der Waals surface area contributed by atoms with Gasteiger partial charge in [-0.25, -0.2) is 4.98 Å². The van der Waals surface area contributed by atoms with Gasteiger partial charge in [-0.05, 0) is 24.3 Å². The first kappa shape index (κ1) is 14.2. The van der Waals surface area contributed by atoms with Crippen LogP contribution in [0.3, 0.4) is 0 Å². The summed E-state index contributed by atoms with van der Waals surface area (Å²) < 4.78 is 11.2. The fourth-order valence-electron chi connectivity index (χ4n) is 3.91. The zero-order chi connectivity index (χ0) is 16.3. The number of rotatable bonds is 1. The number of anilines is 1. The molecule has 0 fully saturated rings. The van der Waals surface area contributed by atoms with Crippen LogP contribution in [0.5, 0.6) is 11.6 Å². The third-order valence-electron chi connectivity index (χ3n) is 5.01. The molecule has 5 rings (SSSR count). The third kappa shape index (κ3) is 1.61. The normalized spacial score (nSPS) is 23.7. The molecule has 1 amide bonds. The van der Waals surface area contributed by atoms with E-state index in [0.29, 0.717) is 23.9 Å². The van der Waals surface area contributed by atoms with E-state index in [2.05, 4.69) is 11.1 Å². The second-order valence-corrected chi connectivity index (χ2v) is 7.34. The van der Waals surface area contributed by atoms with Crippen molar-refractivity contribution < 1.29 is 14.3 Å². The lowest BCUT2D eigenvalue weighted by Gasteiger charge is -2.22. The molecule has 3 aliphatic heterocycles. The summed E-state index contributed by atoms with van der Waals surface area (Å²) in [4.78, 5) is 21.2. The molecular formula is C18H16N2O3S. The number of para-hydroxylation sites is 1. The predicted molar refractivity (Wildman–Crippen MR) is 91.2 cm³/mol. The van der Waals surface area contributed by atoms with Gasteiger partial charge in [0.2, 0.25) is 11.8 Å². The molecule has 0 saturated heterocycles. The minimum absolute atomic E-state index is 0.0759. The van der Waals surface area contributed by atoms with Gasteiger partial charge in [0, 0.05) is 23.1 Å². The van der Waals surface area contributed by atoms with Gasteiger partial charge in [-0.3, -0.25) is 4.79 Å². The zero-order valence-corrected chi connectivity index (χ0v) is 14.1. The minimum atomic E-state index is -0.840. The standard InChI is InChI=1S/C18H16N2O3S/c1-22-14-7-6-12-16(19-14)18(10-23-12)11-4-2-5-13-15(11)20(17(18)21)8-3-9-24-13/h2,4-7H,3,8-10H2,1H3. The second kappa shape index (κ2) is 4.89. The Labute approximate surface area is 144 Å². The van der Waals surface area contributed by atoms with Gasteiger partial charge in [0.05, 0.1) is 12.8 Å². The monoisotopic (exact) mass is 340 g/mol. The average molecular weight is 340 g/mol. The first-order valence-electron chi connectivity index (χ1n) is 8.02. The molecular weight excluding hydrogens is 324 g/mol. The Morgan fingerprint density at radius 3 is 3.12 bits per heavy atom. The highest BCUT2D eigenvalue weighted by Gasteiger charge is 2.58. The first-order chi connectivity index (χ1) is 11.8. The van der Waals surface area contributed by atoms with E-state index in [9.17, 15) is 4.79 Å². The molecule has 4 heterocycles. The number of pyridine rings is 1. The van der Waals surface area contributed by atoms with Crippen LogP contribution in [0.25, 0.3) is 0 Å². The van der Waals surface area contributed by atoms with E-state index in [1.165, 1.54) is 4.90 Å². The number of thioether (sulfide) groups is 1. The van der Waals surface area contributed by atoms with Gasteiger partial charge in [0.15, 0.2) is 5.41 Å². The van der Waals surface area contributed by atoms with Crippen molar-refractivity contribution in [2.75, 3.05) is 30.9 Å². The molecule has 122 valence electrons. The van der Waals surface area contributed by atoms with Crippen molar-refractivity contribution in [3.05, 3.63) is 41.6 Å². The van der Waals surface area contributed by atoms with Gasteiger partial charge >= 0.3 is 0 Å². The summed E-state index contributed by atoms with van der Waals surface area (Å²) in [6, 6.07) is 9.79. The molecule has 24 heavy (non-hydrogen) atoms. The summed E-state index contributed by atoms with van der Waals surface area (Å²) in [5, 5.41) is 0. The van der Waals surface area contributed by atoms with E-state index in [4.69, 9.17) is 9.47 Å². The number of aromatic nitrogens is 1. The Morgan fingerprint density at radius 2 is 2.25 bits per heavy atom. The lowest BCUT2D eigenvalue weighted by molar-refractivity contribution is -0.122. The molecule has 5 nitrogen and oxygen atoms in total. The highest BCUT2D eigenvalue weighted by molar-refractivity contribution is 7.99. The minimum Gasteiger partial charge on any atom is -0.490 e. The maximum Gasteiger partial charge on any atom is 0.247 e. The van der Waals surface area contributed by atoms with E-state index in [1.54, 1.807) is 13.2 Å². The van der Waals surface area contributed by atoms with Crippen molar-refractivity contribution in [3.63, 3.8) is 0 Å². The highest BCUT2D eigenvalue weighted by atomic mass is 32.2. The van der Waals surface area contributed by atoms with Gasteiger partial charge in [-0.15, -0.1) is 11.8 Å². The molecule has 1 aromatic heterocycles. The molecule has 1 unspecified atom stereocenters. The first-order valence-corrected chi connectivity index (χ1v) is 9.01. The molecule has 6 heteroatoms. The van der Waals surface area contributed by atoms with Gasteiger partial charge in [-0.2, -0.15) is 0 Å². The molecule has 0 bridgehead atoms. The molecule has 1 aromatic carbocycles. The van der Waals surface area contributed by atoms with Gasteiger partial charge < -0.3 is 14.4 Å². The summed E-state index contributed by atoms with van der Waals surface area (Å²) in [6.45, 7) is 1.05. The van der Waals surface area contributed by atoms with Crippen LogP contribution in [0.4, 0.5) is 5.69 Å². The number of carbonyl (C=O) groups is 1. The largest absolute Gasteiger partial charge is 0.490 e. The van der Waals surface area contributed by atoms with Crippen molar-refractivity contribution in [1.82, 2.24) is 4.98 Å². The number of nitrogens with zero attached hydrogens (tertiary/aromatic N) is 2. The maximum absolute atomic E-state index is 13.5. The SMILES string of the molecule is COc1ccc2c(n1)C1(CO2)C(=O)N2CCCSc3cccc1c32. The van der Waals surface area contributed by atoms with E-state index in [-0.39, 0.29) is 5.91 Å². The lowest BCUT2D eigenvalue weighted by atomic mass is 9.80. The van der Waals surface area contributed by atoms with Gasteiger partial charge in [-0.1, -0.05) is 12.1 Å². The molecule has 0 aliphatic carbocycles. The molecule has 0 N–H and O–H groups in total. The number of hydrogen-bond acceptors (Lipinski definition) is 5. The molecule has 3 aliphatic rings. The van der Waals surface area contributed by atoms with Crippen LogP contribution in [0.2, 0.25) is 0 Å². The molecule has 0 radical (unpaired) electrons. The predicted octanol–water partition coefficient (Wildman–Crippen LogP) is 2.61. The topological polar surface area (TPSA) is 51.7 Å². The highest BCUT2D eigenvalue weighted by Crippen LogP contribution is 2.54. The fourth-order valence-corrected chi connectivity index (χ4v) is 4.94.